The summed E-state index contributed by atoms with van der Waals surface area (Å²) in [6.45, 7) is 0.844. The number of nitrogens with zero attached hydrogens (tertiary/aromatic N) is 4. The van der Waals surface area contributed by atoms with E-state index in [1.54, 1.807) is 23.0 Å². The predicted octanol–water partition coefficient (Wildman–Crippen LogP) is 2.32. The fourth-order valence-electron chi connectivity index (χ4n) is 2.15. The zero-order valence-electron chi connectivity index (χ0n) is 12.0. The number of aliphatic hydroxyl groups excluding tert-OH is 1. The molecule has 0 aliphatic carbocycles. The fraction of sp³-hybridized carbons (Fsp3) is 0.214. The zero-order chi connectivity index (χ0) is 16.4. The Morgan fingerprint density at radius 2 is 2.04 bits per heavy atom. The van der Waals surface area contributed by atoms with E-state index in [1.807, 2.05) is 6.07 Å². The van der Waals surface area contributed by atoms with Crippen LogP contribution in [0.1, 0.15) is 5.56 Å². The molecule has 7 nitrogen and oxygen atoms in total. The van der Waals surface area contributed by atoms with Crippen molar-refractivity contribution in [1.29, 1.82) is 0 Å². The van der Waals surface area contributed by atoms with E-state index < -0.39 is 0 Å². The van der Waals surface area contributed by atoms with Crippen molar-refractivity contribution in [3.05, 3.63) is 40.1 Å². The van der Waals surface area contributed by atoms with E-state index in [0.29, 0.717) is 40.2 Å². The van der Waals surface area contributed by atoms with Gasteiger partial charge >= 0.3 is 0 Å². The summed E-state index contributed by atoms with van der Waals surface area (Å²) in [6, 6.07) is 5.36. The van der Waals surface area contributed by atoms with Crippen molar-refractivity contribution in [2.45, 2.75) is 13.1 Å². The Morgan fingerprint density at radius 1 is 1.22 bits per heavy atom. The number of imidazole rings is 1. The second-order valence-electron chi connectivity index (χ2n) is 4.87. The summed E-state index contributed by atoms with van der Waals surface area (Å²) in [5.41, 5.74) is 7.93. The minimum absolute atomic E-state index is 0.0125. The lowest BCUT2D eigenvalue weighted by Crippen LogP contribution is -2.08. The van der Waals surface area contributed by atoms with Crippen LogP contribution >= 0.6 is 23.2 Å². The number of anilines is 2. The van der Waals surface area contributed by atoms with E-state index in [4.69, 9.17) is 34.0 Å². The van der Waals surface area contributed by atoms with Crippen LogP contribution in [0.2, 0.25) is 10.0 Å². The topological polar surface area (TPSA) is 102 Å². The monoisotopic (exact) mass is 352 g/mol. The van der Waals surface area contributed by atoms with Gasteiger partial charge in [-0.25, -0.2) is 4.98 Å². The number of hydrogen-bond acceptors (Lipinski definition) is 6. The number of hydrogen-bond donors (Lipinski definition) is 3. The maximum absolute atomic E-state index is 9.07. The predicted molar refractivity (Wildman–Crippen MR) is 90.6 cm³/mol. The molecule has 0 aliphatic heterocycles. The molecule has 0 atom stereocenters. The third-order valence-electron chi connectivity index (χ3n) is 3.27. The van der Waals surface area contributed by atoms with Gasteiger partial charge in [0.2, 0.25) is 5.95 Å². The van der Waals surface area contributed by atoms with Gasteiger partial charge in [0.25, 0.3) is 0 Å². The Kier molecular flexibility index (Phi) is 4.51. The number of fused-ring (bicyclic) bond motifs is 1. The van der Waals surface area contributed by atoms with Crippen LogP contribution in [-0.2, 0) is 13.1 Å². The zero-order valence-corrected chi connectivity index (χ0v) is 13.5. The number of benzene rings is 1. The molecular weight excluding hydrogens is 339 g/mol. The van der Waals surface area contributed by atoms with Crippen LogP contribution in [0.3, 0.4) is 0 Å². The number of aliphatic hydroxyl groups is 1. The van der Waals surface area contributed by atoms with Crippen molar-refractivity contribution in [2.75, 3.05) is 17.7 Å². The molecule has 0 amide bonds. The SMILES string of the molecule is Nc1nc(NCc2ccc(Cl)c(Cl)c2)nc2c1ncn2CCO. The number of halogens is 2. The van der Waals surface area contributed by atoms with Crippen molar-refractivity contribution in [2.24, 2.45) is 0 Å². The van der Waals surface area contributed by atoms with Gasteiger partial charge in [0, 0.05) is 13.1 Å². The van der Waals surface area contributed by atoms with Gasteiger partial charge in [-0.05, 0) is 17.7 Å². The van der Waals surface area contributed by atoms with E-state index in [-0.39, 0.29) is 12.4 Å². The number of nitrogens with two attached hydrogens (primary N) is 1. The lowest BCUT2D eigenvalue weighted by atomic mass is 10.2. The molecule has 4 N–H and O–H groups in total. The lowest BCUT2D eigenvalue weighted by Gasteiger charge is -2.08. The van der Waals surface area contributed by atoms with E-state index in [0.717, 1.165) is 5.56 Å². The van der Waals surface area contributed by atoms with Crippen molar-refractivity contribution in [3.8, 4) is 0 Å². The lowest BCUT2D eigenvalue weighted by molar-refractivity contribution is 0.277. The van der Waals surface area contributed by atoms with Gasteiger partial charge in [-0.15, -0.1) is 0 Å². The van der Waals surface area contributed by atoms with E-state index in [9.17, 15) is 0 Å². The van der Waals surface area contributed by atoms with Crippen LogP contribution in [0.5, 0.6) is 0 Å². The molecule has 0 aliphatic rings. The van der Waals surface area contributed by atoms with Gasteiger partial charge in [-0.1, -0.05) is 29.3 Å². The molecule has 0 bridgehead atoms. The maximum atomic E-state index is 9.07. The molecule has 2 aromatic heterocycles. The minimum Gasteiger partial charge on any atom is -0.395 e. The molecule has 0 spiro atoms. The second-order valence-corrected chi connectivity index (χ2v) is 5.68. The van der Waals surface area contributed by atoms with Gasteiger partial charge in [-0.3, -0.25) is 0 Å². The van der Waals surface area contributed by atoms with E-state index >= 15 is 0 Å². The largest absolute Gasteiger partial charge is 0.395 e. The molecule has 23 heavy (non-hydrogen) atoms. The maximum Gasteiger partial charge on any atom is 0.227 e. The Bertz CT molecular complexity index is 851. The smallest absolute Gasteiger partial charge is 0.227 e. The molecule has 0 unspecified atom stereocenters. The van der Waals surface area contributed by atoms with Gasteiger partial charge in [-0.2, -0.15) is 9.97 Å². The van der Waals surface area contributed by atoms with Gasteiger partial charge in [0.05, 0.1) is 23.0 Å². The van der Waals surface area contributed by atoms with Crippen LogP contribution in [0, 0.1) is 0 Å². The average molecular weight is 353 g/mol. The van der Waals surface area contributed by atoms with Crippen LogP contribution in [-0.4, -0.2) is 31.2 Å². The Labute approximate surface area is 142 Å². The second kappa shape index (κ2) is 6.57. The minimum atomic E-state index is -0.0125. The van der Waals surface area contributed by atoms with Gasteiger partial charge in [0.15, 0.2) is 11.5 Å². The molecule has 1 aromatic carbocycles. The number of nitrogens with one attached hydrogen (secondary N) is 1. The summed E-state index contributed by atoms with van der Waals surface area (Å²) in [6.07, 6.45) is 1.58. The molecule has 0 radical (unpaired) electrons. The summed E-state index contributed by atoms with van der Waals surface area (Å²) in [5, 5.41) is 13.2. The highest BCUT2D eigenvalue weighted by Crippen LogP contribution is 2.23. The highest BCUT2D eigenvalue weighted by Gasteiger charge is 2.11. The normalized spacial score (nSPS) is 11.1. The summed E-state index contributed by atoms with van der Waals surface area (Å²) in [5.74, 6) is 0.657. The standard InChI is InChI=1S/C14H14Cl2N6O/c15-9-2-1-8(5-10(9)16)6-18-14-20-12(17)11-13(21-14)22(3-4-23)7-19-11/h1-2,5,7,23H,3-4,6H2,(H3,17,18,20,21). The first kappa shape index (κ1) is 15.8. The fourth-order valence-corrected chi connectivity index (χ4v) is 2.47. The van der Waals surface area contributed by atoms with Crippen LogP contribution < -0.4 is 11.1 Å². The van der Waals surface area contributed by atoms with Crippen molar-refractivity contribution in [3.63, 3.8) is 0 Å². The Balaban J connectivity index is 1.84. The number of aromatic nitrogens is 4. The summed E-state index contributed by atoms with van der Waals surface area (Å²) in [4.78, 5) is 12.7. The molecule has 0 saturated heterocycles. The van der Waals surface area contributed by atoms with Gasteiger partial charge < -0.3 is 20.7 Å². The summed E-state index contributed by atoms with van der Waals surface area (Å²) < 4.78 is 1.72. The summed E-state index contributed by atoms with van der Waals surface area (Å²) in [7, 11) is 0. The highest BCUT2D eigenvalue weighted by atomic mass is 35.5. The third kappa shape index (κ3) is 3.31. The third-order valence-corrected chi connectivity index (χ3v) is 4.01. The molecule has 3 aromatic rings. The Morgan fingerprint density at radius 3 is 2.78 bits per heavy atom. The first-order valence-electron chi connectivity index (χ1n) is 6.85. The van der Waals surface area contributed by atoms with Crippen molar-refractivity contribution in [1.82, 2.24) is 19.5 Å². The first-order chi connectivity index (χ1) is 11.1. The Hall–Kier alpha value is -2.09. The molecule has 120 valence electrons. The molecule has 9 heteroatoms. The van der Waals surface area contributed by atoms with Crippen LogP contribution in [0.25, 0.3) is 11.2 Å². The average Bonchev–Trinajstić information content (AvgIpc) is 2.93. The number of nitrogen functional groups attached to an aromatic ring is 1. The van der Waals surface area contributed by atoms with Gasteiger partial charge in [0.1, 0.15) is 5.52 Å². The van der Waals surface area contributed by atoms with E-state index in [2.05, 4.69) is 20.3 Å². The molecule has 0 saturated carbocycles. The molecule has 0 fully saturated rings. The highest BCUT2D eigenvalue weighted by molar-refractivity contribution is 6.42. The quantitative estimate of drug-likeness (QED) is 0.651. The van der Waals surface area contributed by atoms with Crippen molar-refractivity contribution >= 4 is 46.1 Å². The van der Waals surface area contributed by atoms with Crippen LogP contribution in [0.4, 0.5) is 11.8 Å². The molecule has 3 rings (SSSR count). The van der Waals surface area contributed by atoms with E-state index in [1.165, 1.54) is 0 Å². The first-order valence-corrected chi connectivity index (χ1v) is 7.61. The van der Waals surface area contributed by atoms with Crippen molar-refractivity contribution < 1.29 is 5.11 Å². The number of rotatable bonds is 5. The summed E-state index contributed by atoms with van der Waals surface area (Å²) >= 11 is 11.9. The van der Waals surface area contributed by atoms with Crippen LogP contribution in [0.15, 0.2) is 24.5 Å². The molecular formula is C14H14Cl2N6O. The molecule has 2 heterocycles.